The van der Waals surface area contributed by atoms with Crippen molar-refractivity contribution in [2.75, 3.05) is 25.1 Å². The van der Waals surface area contributed by atoms with Crippen LogP contribution in [0.15, 0.2) is 24.5 Å². The average Bonchev–Trinajstić information content (AvgIpc) is 3.05. The van der Waals surface area contributed by atoms with Crippen LogP contribution in [0, 0.1) is 0 Å². The molecule has 2 aliphatic rings. The van der Waals surface area contributed by atoms with Gasteiger partial charge >= 0.3 is 151 Å². The second kappa shape index (κ2) is 7.00. The number of nitrogens with zero attached hydrogens (tertiary/aromatic N) is 5. The molecule has 4 rings (SSSR count). The van der Waals surface area contributed by atoms with E-state index in [0.717, 1.165) is 49.0 Å². The van der Waals surface area contributed by atoms with E-state index in [0.29, 0.717) is 32.7 Å². The van der Waals surface area contributed by atoms with Crippen LogP contribution in [0.2, 0.25) is 0 Å². The third-order valence-corrected chi connectivity index (χ3v) is 6.28. The van der Waals surface area contributed by atoms with Crippen molar-refractivity contribution in [1.29, 1.82) is 0 Å². The van der Waals surface area contributed by atoms with Gasteiger partial charge in [-0.25, -0.2) is 0 Å². The summed E-state index contributed by atoms with van der Waals surface area (Å²) in [6.07, 6.45) is 1.61. The Kier molecular flexibility index (Phi) is 4.74. The number of amides is 1. The molecule has 9 heteroatoms. The van der Waals surface area contributed by atoms with Crippen LogP contribution in [0.3, 0.4) is 0 Å². The summed E-state index contributed by atoms with van der Waals surface area (Å²) in [5.74, 6) is 1.82. The molecule has 2 aromatic rings. The predicted molar refractivity (Wildman–Crippen MR) is 92.2 cm³/mol. The molecule has 0 saturated carbocycles. The molecule has 0 fully saturated rings. The first-order valence-corrected chi connectivity index (χ1v) is 10.5. The van der Waals surface area contributed by atoms with Crippen molar-refractivity contribution in [2.24, 2.45) is 0 Å². The molecule has 2 aliphatic heterocycles. The van der Waals surface area contributed by atoms with Gasteiger partial charge in [0.25, 0.3) is 0 Å². The maximum absolute atomic E-state index is 12.5. The van der Waals surface area contributed by atoms with Crippen LogP contribution in [-0.2, 0) is 24.4 Å². The first-order chi connectivity index (χ1) is 12.2. The standard InChI is InChI=1S/C16H19N6O2.Tl/c1-20-13-6-11(2-3-14(13)24-9-12(17)16(20)23)7-21-4-5-22-15(8-21)18-10-19-22;/h2-3,6,10,12,17H,4-5,7-9H2,1H3;/q-1;+1/t12-;/m0./s1. The zero-order chi connectivity index (χ0) is 17.4. The fraction of sp³-hybridized carbons (Fsp3) is 0.438. The van der Waals surface area contributed by atoms with Crippen LogP contribution in [0.1, 0.15) is 11.4 Å². The van der Waals surface area contributed by atoms with E-state index in [1.165, 1.54) is 0 Å². The Morgan fingerprint density at radius 1 is 1.40 bits per heavy atom. The SMILES string of the molecule is CN1C(=O)[C@@H]([NH][Tl])COc2ccc(CN3CCn4ncnc4C3)cc21. The second-order valence-electron chi connectivity index (χ2n) is 6.34. The number of benzene rings is 1. The van der Waals surface area contributed by atoms with Crippen LogP contribution in [0.4, 0.5) is 5.69 Å². The normalized spacial score (nSPS) is 20.6. The summed E-state index contributed by atoms with van der Waals surface area (Å²) in [6.45, 7) is 3.78. The molecule has 8 nitrogen and oxygen atoms in total. The number of ether oxygens (including phenoxy) is 1. The van der Waals surface area contributed by atoms with Gasteiger partial charge < -0.3 is 0 Å². The minimum atomic E-state index is -0.251. The third-order valence-electron chi connectivity index (χ3n) is 4.72. The molecule has 1 amide bonds. The molecule has 0 radical (unpaired) electrons. The first kappa shape index (κ1) is 16.9. The van der Waals surface area contributed by atoms with Gasteiger partial charge in [0.2, 0.25) is 0 Å². The molecular formula is C16H19N6O2Tl. The Bertz CT molecular complexity index is 795. The van der Waals surface area contributed by atoms with Crippen LogP contribution in [0.5, 0.6) is 5.75 Å². The van der Waals surface area contributed by atoms with E-state index in [1.54, 1.807) is 11.2 Å². The molecule has 0 saturated heterocycles. The summed E-state index contributed by atoms with van der Waals surface area (Å²) in [5.41, 5.74) is 2.00. The van der Waals surface area contributed by atoms with Gasteiger partial charge in [-0.15, -0.1) is 0 Å². The predicted octanol–water partition coefficient (Wildman–Crippen LogP) is -0.309. The maximum atomic E-state index is 12.5. The van der Waals surface area contributed by atoms with Crippen molar-refractivity contribution in [2.45, 2.75) is 25.7 Å². The number of carbonyl (C=O) groups excluding carboxylic acids is 1. The summed E-state index contributed by atoms with van der Waals surface area (Å²) >= 11 is 0.550. The van der Waals surface area contributed by atoms with E-state index in [-0.39, 0.29) is 11.9 Å². The van der Waals surface area contributed by atoms with Crippen molar-refractivity contribution in [1.82, 2.24) is 22.8 Å². The molecule has 1 atom stereocenters. The van der Waals surface area contributed by atoms with E-state index < -0.39 is 0 Å². The van der Waals surface area contributed by atoms with E-state index in [1.807, 2.05) is 17.8 Å². The summed E-state index contributed by atoms with van der Waals surface area (Å²) < 4.78 is 11.0. The Hall–Kier alpha value is -1.53. The molecule has 1 N–H and O–H groups in total. The molecule has 0 unspecified atom stereocenters. The summed E-state index contributed by atoms with van der Waals surface area (Å²) in [4.78, 5) is 20.9. The molecular weight excluding hydrogens is 513 g/mol. The molecule has 25 heavy (non-hydrogen) atoms. The van der Waals surface area contributed by atoms with Crippen LogP contribution in [-0.4, -0.2) is 77.9 Å². The first-order valence-electron chi connectivity index (χ1n) is 8.24. The number of rotatable bonds is 3. The average molecular weight is 532 g/mol. The van der Waals surface area contributed by atoms with Crippen molar-refractivity contribution in [3.63, 3.8) is 0 Å². The van der Waals surface area contributed by atoms with E-state index in [2.05, 4.69) is 30.2 Å². The molecule has 0 aliphatic carbocycles. The van der Waals surface area contributed by atoms with Crippen molar-refractivity contribution in [3.8, 4) is 5.75 Å². The molecule has 0 spiro atoms. The third kappa shape index (κ3) is 3.29. The van der Waals surface area contributed by atoms with Gasteiger partial charge in [0.15, 0.2) is 0 Å². The van der Waals surface area contributed by atoms with E-state index >= 15 is 0 Å². The minimum absolute atomic E-state index is 0.0597. The fourth-order valence-corrected chi connectivity index (χ4v) is 4.20. The number of hydrogen-bond donors (Lipinski definition) is 1. The van der Waals surface area contributed by atoms with Gasteiger partial charge in [0.1, 0.15) is 6.33 Å². The van der Waals surface area contributed by atoms with Gasteiger partial charge in [-0.05, 0) is 0 Å². The number of nitrogens with one attached hydrogen (secondary N) is 1. The van der Waals surface area contributed by atoms with Crippen molar-refractivity contribution < 1.29 is 9.53 Å². The van der Waals surface area contributed by atoms with Crippen LogP contribution in [0.25, 0.3) is 0 Å². The number of aromatic nitrogens is 3. The quantitative estimate of drug-likeness (QED) is 0.548. The summed E-state index contributed by atoms with van der Waals surface area (Å²) in [5, 5.41) is 4.22. The number of fused-ring (bicyclic) bond motifs is 2. The Morgan fingerprint density at radius 2 is 2.28 bits per heavy atom. The molecule has 1 aromatic carbocycles. The summed E-state index contributed by atoms with van der Waals surface area (Å²) in [6, 6.07) is 5.86. The van der Waals surface area contributed by atoms with Crippen molar-refractivity contribution >= 4 is 37.7 Å². The molecule has 1 aromatic heterocycles. The number of likely N-dealkylation sites (N-methyl/N-ethyl adjacent to an activating group) is 1. The Labute approximate surface area is 162 Å². The Balaban J connectivity index is 1.54. The number of carbonyl (C=O) groups is 1. The second-order valence-corrected chi connectivity index (χ2v) is 7.64. The monoisotopic (exact) mass is 532 g/mol. The van der Waals surface area contributed by atoms with Crippen LogP contribution < -0.4 is 12.8 Å². The van der Waals surface area contributed by atoms with Gasteiger partial charge in [-0.2, -0.15) is 5.10 Å². The van der Waals surface area contributed by atoms with Gasteiger partial charge in [0, 0.05) is 0 Å². The van der Waals surface area contributed by atoms with E-state index in [4.69, 9.17) is 4.74 Å². The van der Waals surface area contributed by atoms with Crippen LogP contribution >= 0.6 is 0 Å². The topological polar surface area (TPSA) is 75.5 Å². The van der Waals surface area contributed by atoms with Crippen molar-refractivity contribution in [3.05, 3.63) is 35.9 Å². The van der Waals surface area contributed by atoms with E-state index in [9.17, 15) is 4.79 Å². The fourth-order valence-electron chi connectivity index (χ4n) is 3.27. The van der Waals surface area contributed by atoms with Gasteiger partial charge in [-0.3, -0.25) is 0 Å². The Morgan fingerprint density at radius 3 is 3.12 bits per heavy atom. The molecule has 3 heterocycles. The van der Waals surface area contributed by atoms with Gasteiger partial charge in [-0.1, -0.05) is 0 Å². The zero-order valence-corrected chi connectivity index (χ0v) is 18.5. The molecule has 128 valence electrons. The molecule has 0 bridgehead atoms. The van der Waals surface area contributed by atoms with Gasteiger partial charge in [0.05, 0.1) is 0 Å². The number of anilines is 1. The summed E-state index contributed by atoms with van der Waals surface area (Å²) in [7, 11) is 1.82. The zero-order valence-electron chi connectivity index (χ0n) is 14.1. The number of hydrogen-bond acceptors (Lipinski definition) is 6.